The van der Waals surface area contributed by atoms with E-state index in [1.165, 1.54) is 6.21 Å². The van der Waals surface area contributed by atoms with E-state index in [0.29, 0.717) is 48.4 Å². The highest BCUT2D eigenvalue weighted by atomic mass is 16.5. The summed E-state index contributed by atoms with van der Waals surface area (Å²) in [6.07, 6.45) is 1.33. The van der Waals surface area contributed by atoms with E-state index in [2.05, 4.69) is 5.16 Å². The van der Waals surface area contributed by atoms with Gasteiger partial charge in [0.25, 0.3) is 0 Å². The van der Waals surface area contributed by atoms with Gasteiger partial charge in [-0.3, -0.25) is 0 Å². The van der Waals surface area contributed by atoms with Crippen molar-refractivity contribution in [3.63, 3.8) is 0 Å². The maximum absolute atomic E-state index is 8.67. The second-order valence-corrected chi connectivity index (χ2v) is 6.43. The van der Waals surface area contributed by atoms with Gasteiger partial charge in [-0.25, -0.2) is 0 Å². The van der Waals surface area contributed by atoms with Crippen LogP contribution in [0.15, 0.2) is 71.9 Å². The third kappa shape index (κ3) is 5.67. The van der Waals surface area contributed by atoms with Gasteiger partial charge >= 0.3 is 0 Å². The first-order chi connectivity index (χ1) is 14.7. The normalized spacial score (nSPS) is 10.7. The summed E-state index contributed by atoms with van der Waals surface area (Å²) in [5.41, 5.74) is 2.74. The summed E-state index contributed by atoms with van der Waals surface area (Å²) < 4.78 is 23.0. The average molecular weight is 407 g/mol. The van der Waals surface area contributed by atoms with Gasteiger partial charge in [-0.05, 0) is 48.4 Å². The molecule has 0 heterocycles. The molecular weight excluding hydrogens is 382 g/mol. The van der Waals surface area contributed by atoms with Crippen LogP contribution in [0.3, 0.4) is 0 Å². The van der Waals surface area contributed by atoms with Gasteiger partial charge in [0.15, 0.2) is 23.0 Å². The Morgan fingerprint density at radius 3 is 2.17 bits per heavy atom. The maximum Gasteiger partial charge on any atom is 0.161 e. The lowest BCUT2D eigenvalue weighted by Gasteiger charge is -2.15. The smallest absolute Gasteiger partial charge is 0.161 e. The summed E-state index contributed by atoms with van der Waals surface area (Å²) >= 11 is 0. The van der Waals surface area contributed by atoms with Gasteiger partial charge in [0, 0.05) is 5.56 Å². The fraction of sp³-hybridized carbons (Fsp3) is 0.208. The molecule has 3 aromatic carbocycles. The second kappa shape index (κ2) is 10.8. The van der Waals surface area contributed by atoms with E-state index in [0.717, 1.165) is 11.1 Å². The van der Waals surface area contributed by atoms with Crippen LogP contribution in [0.4, 0.5) is 0 Å². The van der Waals surface area contributed by atoms with Crippen molar-refractivity contribution >= 4 is 6.21 Å². The summed E-state index contributed by atoms with van der Waals surface area (Å²) in [5.74, 6) is 2.51. The number of hydrogen-bond donors (Lipinski definition) is 1. The van der Waals surface area contributed by atoms with Gasteiger partial charge < -0.3 is 24.2 Å². The topological polar surface area (TPSA) is 69.5 Å². The minimum absolute atomic E-state index is 0.336. The molecule has 6 nitrogen and oxygen atoms in total. The molecule has 0 atom stereocenters. The molecule has 156 valence electrons. The number of nitrogens with zero attached hydrogens (tertiary/aromatic N) is 1. The number of rotatable bonds is 10. The fourth-order valence-electron chi connectivity index (χ4n) is 2.88. The second-order valence-electron chi connectivity index (χ2n) is 6.43. The lowest BCUT2D eigenvalue weighted by Crippen LogP contribution is -2.02. The molecule has 0 bridgehead atoms. The number of methoxy groups -OCH3 is 1. The van der Waals surface area contributed by atoms with Crippen LogP contribution < -0.4 is 18.9 Å². The Hall–Kier alpha value is -3.67. The first kappa shape index (κ1) is 21.0. The van der Waals surface area contributed by atoms with Crippen LogP contribution in [0, 0.1) is 0 Å². The molecule has 6 heteroatoms. The largest absolute Gasteiger partial charge is 0.493 e. The maximum atomic E-state index is 8.67. The zero-order valence-electron chi connectivity index (χ0n) is 17.1. The Morgan fingerprint density at radius 1 is 0.767 bits per heavy atom. The monoisotopic (exact) mass is 407 g/mol. The highest BCUT2D eigenvalue weighted by Gasteiger charge is 2.10. The lowest BCUT2D eigenvalue weighted by atomic mass is 10.2. The first-order valence-corrected chi connectivity index (χ1v) is 9.64. The zero-order valence-corrected chi connectivity index (χ0v) is 17.1. The molecule has 0 fully saturated rings. The van der Waals surface area contributed by atoms with Crippen molar-refractivity contribution in [1.29, 1.82) is 0 Å². The Labute approximate surface area is 176 Å². The number of benzene rings is 3. The van der Waals surface area contributed by atoms with Crippen LogP contribution in [0.25, 0.3) is 0 Å². The minimum Gasteiger partial charge on any atom is -0.493 e. The summed E-state index contributed by atoms with van der Waals surface area (Å²) in [4.78, 5) is 0. The molecular formula is C24H25NO5. The van der Waals surface area contributed by atoms with E-state index in [4.69, 9.17) is 24.2 Å². The van der Waals surface area contributed by atoms with Crippen LogP contribution >= 0.6 is 0 Å². The Kier molecular flexibility index (Phi) is 7.55. The minimum atomic E-state index is 0.336. The van der Waals surface area contributed by atoms with Gasteiger partial charge in [0.1, 0.15) is 13.2 Å². The van der Waals surface area contributed by atoms with Crippen LogP contribution in [-0.2, 0) is 13.2 Å². The van der Waals surface area contributed by atoms with Crippen molar-refractivity contribution in [2.45, 2.75) is 20.1 Å². The van der Waals surface area contributed by atoms with Crippen LogP contribution in [0.1, 0.15) is 23.6 Å². The van der Waals surface area contributed by atoms with Gasteiger partial charge in [-0.15, -0.1) is 0 Å². The zero-order chi connectivity index (χ0) is 21.2. The summed E-state index contributed by atoms with van der Waals surface area (Å²) in [6.45, 7) is 3.28. The average Bonchev–Trinajstić information content (AvgIpc) is 2.78. The molecule has 0 unspecified atom stereocenters. The molecule has 0 amide bonds. The molecule has 3 rings (SSSR count). The molecule has 1 N–H and O–H groups in total. The molecule has 0 aliphatic carbocycles. The standard InChI is InChI=1S/C24H25NO5/c1-3-28-24-14-20(10-12-22(24)29-16-18-7-5-4-6-8-18)17-30-21-11-9-19(15-25-26)13-23(21)27-2/h4-15,26H,3,16-17H2,1-2H3/b25-15+. The molecule has 0 radical (unpaired) electrons. The number of ether oxygens (including phenoxy) is 4. The van der Waals surface area contributed by atoms with Crippen molar-refractivity contribution < 1.29 is 24.2 Å². The van der Waals surface area contributed by atoms with Crippen molar-refractivity contribution in [1.82, 2.24) is 0 Å². The van der Waals surface area contributed by atoms with Crippen molar-refractivity contribution in [2.24, 2.45) is 5.16 Å². The summed E-state index contributed by atoms with van der Waals surface area (Å²) in [6, 6.07) is 21.0. The van der Waals surface area contributed by atoms with E-state index in [1.54, 1.807) is 25.3 Å². The number of oxime groups is 1. The Balaban J connectivity index is 1.70. The molecule has 0 aliphatic heterocycles. The summed E-state index contributed by atoms with van der Waals surface area (Å²) in [7, 11) is 1.56. The molecule has 0 saturated carbocycles. The van der Waals surface area contributed by atoms with Crippen molar-refractivity contribution in [3.05, 3.63) is 83.4 Å². The molecule has 0 aromatic heterocycles. The third-order valence-corrected chi connectivity index (χ3v) is 4.33. The van der Waals surface area contributed by atoms with E-state index >= 15 is 0 Å². The predicted octanol–water partition coefficient (Wildman–Crippen LogP) is 5.06. The lowest BCUT2D eigenvalue weighted by molar-refractivity contribution is 0.265. The Morgan fingerprint density at radius 2 is 1.47 bits per heavy atom. The van der Waals surface area contributed by atoms with Crippen molar-refractivity contribution in [2.75, 3.05) is 13.7 Å². The quantitative estimate of drug-likeness (QED) is 0.289. The molecule has 3 aromatic rings. The van der Waals surface area contributed by atoms with E-state index < -0.39 is 0 Å². The van der Waals surface area contributed by atoms with Crippen LogP contribution in [-0.4, -0.2) is 25.1 Å². The Bertz CT molecular complexity index is 973. The van der Waals surface area contributed by atoms with Gasteiger partial charge in [0.05, 0.1) is 19.9 Å². The van der Waals surface area contributed by atoms with Crippen molar-refractivity contribution in [3.8, 4) is 23.0 Å². The van der Waals surface area contributed by atoms with Crippen LogP contribution in [0.2, 0.25) is 0 Å². The molecule has 0 saturated heterocycles. The molecule has 0 spiro atoms. The van der Waals surface area contributed by atoms with Gasteiger partial charge in [-0.2, -0.15) is 0 Å². The fourth-order valence-corrected chi connectivity index (χ4v) is 2.88. The highest BCUT2D eigenvalue weighted by molar-refractivity contribution is 5.80. The van der Waals surface area contributed by atoms with E-state index in [-0.39, 0.29) is 0 Å². The van der Waals surface area contributed by atoms with Crippen LogP contribution in [0.5, 0.6) is 23.0 Å². The van der Waals surface area contributed by atoms with E-state index in [1.807, 2.05) is 55.5 Å². The third-order valence-electron chi connectivity index (χ3n) is 4.33. The van der Waals surface area contributed by atoms with Gasteiger partial charge in [0.2, 0.25) is 0 Å². The highest BCUT2D eigenvalue weighted by Crippen LogP contribution is 2.32. The van der Waals surface area contributed by atoms with Gasteiger partial charge in [-0.1, -0.05) is 41.6 Å². The molecule has 0 aliphatic rings. The first-order valence-electron chi connectivity index (χ1n) is 9.64. The summed E-state index contributed by atoms with van der Waals surface area (Å²) in [5, 5.41) is 11.7. The van der Waals surface area contributed by atoms with E-state index in [9.17, 15) is 0 Å². The SMILES string of the molecule is CCOc1cc(COc2ccc(/C=N/O)cc2OC)ccc1OCc1ccccc1. The predicted molar refractivity (Wildman–Crippen MR) is 115 cm³/mol. The number of hydrogen-bond acceptors (Lipinski definition) is 6. The molecule has 30 heavy (non-hydrogen) atoms.